The van der Waals surface area contributed by atoms with Crippen molar-refractivity contribution in [1.29, 1.82) is 0 Å². The number of nitrogens with two attached hydrogens (primary N) is 1. The summed E-state index contributed by atoms with van der Waals surface area (Å²) in [5.74, 6) is 1.37. The van der Waals surface area contributed by atoms with Crippen LogP contribution >= 0.6 is 0 Å². The van der Waals surface area contributed by atoms with Gasteiger partial charge < -0.3 is 20.7 Å². The van der Waals surface area contributed by atoms with Gasteiger partial charge in [-0.1, -0.05) is 30.3 Å². The largest absolute Gasteiger partial charge is 0.399 e. The number of para-hydroxylation sites is 1. The minimum absolute atomic E-state index is 0.355. The van der Waals surface area contributed by atoms with Gasteiger partial charge in [-0.05, 0) is 36.8 Å². The molecular formula is C21H24N8O. The van der Waals surface area contributed by atoms with Crippen molar-refractivity contribution in [1.82, 2.24) is 15.0 Å². The molecule has 1 aromatic heterocycles. The number of nitrogens with zero attached hydrogens (tertiary/aromatic N) is 5. The molecule has 0 atom stereocenters. The van der Waals surface area contributed by atoms with Gasteiger partial charge in [0.05, 0.1) is 18.9 Å². The maximum absolute atomic E-state index is 5.87. The third kappa shape index (κ3) is 5.00. The highest BCUT2D eigenvalue weighted by molar-refractivity contribution is 5.99. The van der Waals surface area contributed by atoms with Crippen LogP contribution in [0.15, 0.2) is 59.7 Å². The third-order valence-corrected chi connectivity index (χ3v) is 4.58. The maximum atomic E-state index is 5.87. The van der Waals surface area contributed by atoms with Gasteiger partial charge in [0.2, 0.25) is 17.8 Å². The lowest BCUT2D eigenvalue weighted by Gasteiger charge is -2.27. The number of morpholine rings is 1. The van der Waals surface area contributed by atoms with Gasteiger partial charge in [0.1, 0.15) is 0 Å². The molecule has 0 saturated carbocycles. The molecule has 9 nitrogen and oxygen atoms in total. The van der Waals surface area contributed by atoms with Crippen molar-refractivity contribution in [2.75, 3.05) is 47.7 Å². The molecule has 1 fully saturated rings. The second-order valence-corrected chi connectivity index (χ2v) is 6.81. The van der Waals surface area contributed by atoms with E-state index in [9.17, 15) is 0 Å². The summed E-state index contributed by atoms with van der Waals surface area (Å²) in [6, 6.07) is 17.3. The van der Waals surface area contributed by atoms with Crippen LogP contribution in [0.2, 0.25) is 0 Å². The van der Waals surface area contributed by atoms with Gasteiger partial charge in [0, 0.05) is 24.5 Å². The monoisotopic (exact) mass is 404 g/mol. The van der Waals surface area contributed by atoms with Gasteiger partial charge in [-0.25, -0.2) is 5.43 Å². The third-order valence-electron chi connectivity index (χ3n) is 4.58. The van der Waals surface area contributed by atoms with E-state index in [1.807, 2.05) is 61.5 Å². The number of hydrogen-bond acceptors (Lipinski definition) is 9. The van der Waals surface area contributed by atoms with E-state index >= 15 is 0 Å². The molecule has 2 aromatic carbocycles. The molecular weight excluding hydrogens is 380 g/mol. The molecule has 1 aliphatic heterocycles. The summed E-state index contributed by atoms with van der Waals surface area (Å²) < 4.78 is 5.44. The van der Waals surface area contributed by atoms with E-state index in [4.69, 9.17) is 10.5 Å². The van der Waals surface area contributed by atoms with Crippen molar-refractivity contribution in [3.8, 4) is 0 Å². The first kappa shape index (κ1) is 19.6. The van der Waals surface area contributed by atoms with E-state index < -0.39 is 0 Å². The maximum Gasteiger partial charge on any atom is 0.250 e. The Hall–Kier alpha value is -3.72. The van der Waals surface area contributed by atoms with Gasteiger partial charge in [-0.2, -0.15) is 20.1 Å². The van der Waals surface area contributed by atoms with Crippen LogP contribution in [0.1, 0.15) is 12.5 Å². The van der Waals surface area contributed by atoms with Crippen LogP contribution in [-0.4, -0.2) is 47.0 Å². The summed E-state index contributed by atoms with van der Waals surface area (Å²) in [5.41, 5.74) is 12.1. The van der Waals surface area contributed by atoms with Crippen molar-refractivity contribution >= 4 is 34.9 Å². The number of ether oxygens (including phenoxy) is 1. The molecule has 0 bridgehead atoms. The number of aromatic nitrogens is 3. The standard InChI is InChI=1S/C21H24N8O/c1-15(16-6-5-7-17(22)14-16)27-28-20-24-19(23-18-8-3-2-4-9-18)25-21(26-20)29-10-12-30-13-11-29/h2-9,14H,10-13,22H2,1H3,(H2,23,24,25,26,28)/b27-15+. The summed E-state index contributed by atoms with van der Waals surface area (Å²) in [5, 5.41) is 7.65. The fourth-order valence-electron chi connectivity index (χ4n) is 2.99. The zero-order chi connectivity index (χ0) is 20.8. The molecule has 4 N–H and O–H groups in total. The number of hydrogen-bond donors (Lipinski definition) is 3. The van der Waals surface area contributed by atoms with Crippen molar-refractivity contribution in [2.24, 2.45) is 5.10 Å². The quantitative estimate of drug-likeness (QED) is 0.326. The summed E-state index contributed by atoms with van der Waals surface area (Å²) in [6.07, 6.45) is 0. The average Bonchev–Trinajstić information content (AvgIpc) is 2.78. The molecule has 9 heteroatoms. The number of rotatable bonds is 6. The normalized spacial score (nSPS) is 14.4. The predicted octanol–water partition coefficient (Wildman–Crippen LogP) is 2.87. The number of nitrogen functional groups attached to an aromatic ring is 1. The highest BCUT2D eigenvalue weighted by Gasteiger charge is 2.16. The second kappa shape index (κ2) is 9.19. The van der Waals surface area contributed by atoms with Crippen molar-refractivity contribution < 1.29 is 4.74 Å². The zero-order valence-corrected chi connectivity index (χ0v) is 16.7. The van der Waals surface area contributed by atoms with Gasteiger partial charge in [-0.3, -0.25) is 0 Å². The molecule has 154 valence electrons. The number of anilines is 5. The molecule has 0 radical (unpaired) electrons. The van der Waals surface area contributed by atoms with Crippen LogP contribution in [0, 0.1) is 0 Å². The van der Waals surface area contributed by atoms with Crippen LogP contribution in [-0.2, 0) is 4.74 Å². The fraction of sp³-hybridized carbons (Fsp3) is 0.238. The fourth-order valence-corrected chi connectivity index (χ4v) is 2.99. The SMILES string of the molecule is C/C(=N\Nc1nc(Nc2ccccc2)nc(N2CCOCC2)n1)c1cccc(N)c1. The van der Waals surface area contributed by atoms with E-state index in [2.05, 4.69) is 35.7 Å². The van der Waals surface area contributed by atoms with Crippen LogP contribution < -0.4 is 21.4 Å². The first-order chi connectivity index (χ1) is 14.7. The Kier molecular flexibility index (Phi) is 6.00. The molecule has 0 aliphatic carbocycles. The van der Waals surface area contributed by atoms with Crippen LogP contribution in [0.5, 0.6) is 0 Å². The lowest BCUT2D eigenvalue weighted by atomic mass is 10.1. The van der Waals surface area contributed by atoms with Gasteiger partial charge in [-0.15, -0.1) is 0 Å². The summed E-state index contributed by atoms with van der Waals surface area (Å²) >= 11 is 0. The van der Waals surface area contributed by atoms with Gasteiger partial charge in [0.25, 0.3) is 0 Å². The number of hydrazone groups is 1. The molecule has 4 rings (SSSR count). The summed E-state index contributed by atoms with van der Waals surface area (Å²) in [6.45, 7) is 4.62. The highest BCUT2D eigenvalue weighted by Crippen LogP contribution is 2.19. The van der Waals surface area contributed by atoms with Crippen LogP contribution in [0.3, 0.4) is 0 Å². The topological polar surface area (TPSA) is 114 Å². The molecule has 3 aromatic rings. The zero-order valence-electron chi connectivity index (χ0n) is 16.7. The molecule has 0 unspecified atom stereocenters. The van der Waals surface area contributed by atoms with E-state index in [0.717, 1.165) is 30.1 Å². The van der Waals surface area contributed by atoms with E-state index in [-0.39, 0.29) is 0 Å². The van der Waals surface area contributed by atoms with Gasteiger partial charge in [0.15, 0.2) is 0 Å². The number of benzene rings is 2. The molecule has 0 amide bonds. The lowest BCUT2D eigenvalue weighted by molar-refractivity contribution is 0.122. The second-order valence-electron chi connectivity index (χ2n) is 6.81. The highest BCUT2D eigenvalue weighted by atomic mass is 16.5. The van der Waals surface area contributed by atoms with Crippen molar-refractivity contribution in [3.05, 3.63) is 60.2 Å². The Balaban J connectivity index is 1.60. The van der Waals surface area contributed by atoms with Crippen molar-refractivity contribution in [3.63, 3.8) is 0 Å². The molecule has 1 saturated heterocycles. The Bertz CT molecular complexity index is 1020. The predicted molar refractivity (Wildman–Crippen MR) is 119 cm³/mol. The minimum Gasteiger partial charge on any atom is -0.399 e. The first-order valence-electron chi connectivity index (χ1n) is 9.74. The first-order valence-corrected chi connectivity index (χ1v) is 9.74. The van der Waals surface area contributed by atoms with E-state index in [1.54, 1.807) is 0 Å². The Labute approximate surface area is 175 Å². The van der Waals surface area contributed by atoms with Crippen LogP contribution in [0.25, 0.3) is 0 Å². The minimum atomic E-state index is 0.355. The van der Waals surface area contributed by atoms with Crippen molar-refractivity contribution in [2.45, 2.75) is 6.92 Å². The Morgan fingerprint density at radius 1 is 1.00 bits per heavy atom. The average molecular weight is 404 g/mol. The van der Waals surface area contributed by atoms with Crippen LogP contribution in [0.4, 0.5) is 29.2 Å². The molecule has 0 spiro atoms. The smallest absolute Gasteiger partial charge is 0.250 e. The number of nitrogens with one attached hydrogen (secondary N) is 2. The Morgan fingerprint density at radius 3 is 2.53 bits per heavy atom. The summed E-state index contributed by atoms with van der Waals surface area (Å²) in [7, 11) is 0. The van der Waals surface area contributed by atoms with E-state index in [1.165, 1.54) is 0 Å². The Morgan fingerprint density at radius 2 is 1.77 bits per heavy atom. The molecule has 2 heterocycles. The van der Waals surface area contributed by atoms with E-state index in [0.29, 0.717) is 36.7 Å². The summed E-state index contributed by atoms with van der Waals surface area (Å²) in [4.78, 5) is 15.7. The molecule has 1 aliphatic rings. The molecule has 30 heavy (non-hydrogen) atoms. The lowest BCUT2D eigenvalue weighted by Crippen LogP contribution is -2.37. The van der Waals surface area contributed by atoms with Gasteiger partial charge >= 0.3 is 0 Å².